The Kier molecular flexibility index (Phi) is 4.60. The summed E-state index contributed by atoms with van der Waals surface area (Å²) in [5.41, 5.74) is 3.71. The van der Waals surface area contributed by atoms with Crippen LogP contribution in [0.4, 0.5) is 11.4 Å². The zero-order valence-corrected chi connectivity index (χ0v) is 13.7. The highest BCUT2D eigenvalue weighted by Crippen LogP contribution is 2.27. The van der Waals surface area contributed by atoms with Gasteiger partial charge in [-0.15, -0.1) is 0 Å². The van der Waals surface area contributed by atoms with Crippen LogP contribution in [0.25, 0.3) is 0 Å². The van der Waals surface area contributed by atoms with Gasteiger partial charge in [0.15, 0.2) is 0 Å². The van der Waals surface area contributed by atoms with Crippen LogP contribution < -0.4 is 10.2 Å². The Morgan fingerprint density at radius 2 is 2.09 bits per heavy atom. The first-order valence-corrected chi connectivity index (χ1v) is 8.25. The molecule has 2 aromatic rings. The number of hydrogen-bond donors (Lipinski definition) is 1. The topological polar surface area (TPSA) is 45.2 Å². The number of carbonyl (C=O) groups is 1. The van der Waals surface area contributed by atoms with Crippen LogP contribution in [0.5, 0.6) is 0 Å². The van der Waals surface area contributed by atoms with Crippen LogP contribution in [0.3, 0.4) is 0 Å². The van der Waals surface area contributed by atoms with Gasteiger partial charge in [-0.05, 0) is 42.5 Å². The van der Waals surface area contributed by atoms with Crippen molar-refractivity contribution < 1.29 is 4.79 Å². The van der Waals surface area contributed by atoms with E-state index in [2.05, 4.69) is 30.2 Å². The fraction of sp³-hybridized carbons (Fsp3) is 0.368. The van der Waals surface area contributed by atoms with Crippen molar-refractivity contribution in [1.82, 2.24) is 4.98 Å². The summed E-state index contributed by atoms with van der Waals surface area (Å²) in [7, 11) is 0. The number of nitrogens with one attached hydrogen (secondary N) is 1. The largest absolute Gasteiger partial charge is 0.384 e. The number of rotatable bonds is 4. The second kappa shape index (κ2) is 6.82. The second-order valence-corrected chi connectivity index (χ2v) is 6.40. The lowest BCUT2D eigenvalue weighted by Gasteiger charge is -2.29. The summed E-state index contributed by atoms with van der Waals surface area (Å²) < 4.78 is 0. The molecule has 1 aromatic heterocycles. The van der Waals surface area contributed by atoms with E-state index in [1.807, 2.05) is 35.2 Å². The molecule has 0 spiro atoms. The molecule has 4 heteroatoms. The van der Waals surface area contributed by atoms with Crippen LogP contribution in [0.1, 0.15) is 36.3 Å². The number of hydrogen-bond acceptors (Lipinski definition) is 3. The second-order valence-electron chi connectivity index (χ2n) is 6.40. The monoisotopic (exact) mass is 309 g/mol. The van der Waals surface area contributed by atoms with E-state index in [9.17, 15) is 4.79 Å². The summed E-state index contributed by atoms with van der Waals surface area (Å²) in [6.45, 7) is 5.97. The van der Waals surface area contributed by atoms with Gasteiger partial charge in [-0.3, -0.25) is 4.79 Å². The van der Waals surface area contributed by atoms with E-state index in [0.717, 1.165) is 37.3 Å². The van der Waals surface area contributed by atoms with E-state index in [1.165, 1.54) is 5.56 Å². The van der Waals surface area contributed by atoms with Crippen LogP contribution in [-0.4, -0.2) is 24.0 Å². The molecule has 1 aromatic carbocycles. The average Bonchev–Trinajstić information content (AvgIpc) is 2.59. The number of aromatic nitrogens is 1. The molecule has 1 aliphatic heterocycles. The van der Waals surface area contributed by atoms with Gasteiger partial charge < -0.3 is 10.2 Å². The van der Waals surface area contributed by atoms with Crippen molar-refractivity contribution in [3.63, 3.8) is 0 Å². The Bertz CT molecular complexity index is 679. The van der Waals surface area contributed by atoms with E-state index in [1.54, 1.807) is 6.20 Å². The van der Waals surface area contributed by atoms with Crippen molar-refractivity contribution >= 4 is 17.3 Å². The first-order chi connectivity index (χ1) is 11.1. The number of fused-ring (bicyclic) bond motifs is 1. The molecule has 0 unspecified atom stereocenters. The van der Waals surface area contributed by atoms with Crippen LogP contribution in [0, 0.1) is 5.92 Å². The predicted molar refractivity (Wildman–Crippen MR) is 94.0 cm³/mol. The quantitative estimate of drug-likeness (QED) is 0.935. The van der Waals surface area contributed by atoms with Gasteiger partial charge in [0.2, 0.25) is 0 Å². The lowest BCUT2D eigenvalue weighted by Crippen LogP contribution is -2.35. The molecular weight excluding hydrogens is 286 g/mol. The Balaban J connectivity index is 1.76. The van der Waals surface area contributed by atoms with E-state index in [-0.39, 0.29) is 5.91 Å². The van der Waals surface area contributed by atoms with Crippen LogP contribution in [0.15, 0.2) is 42.6 Å². The van der Waals surface area contributed by atoms with Gasteiger partial charge in [-0.2, -0.15) is 0 Å². The van der Waals surface area contributed by atoms with Crippen molar-refractivity contribution in [1.29, 1.82) is 0 Å². The fourth-order valence-corrected chi connectivity index (χ4v) is 2.83. The number of carbonyl (C=O) groups excluding carboxylic acids is 1. The molecule has 1 amide bonds. The molecule has 1 N–H and O–H groups in total. The number of anilines is 2. The maximum atomic E-state index is 12.8. The van der Waals surface area contributed by atoms with Crippen molar-refractivity contribution in [3.8, 4) is 0 Å². The average molecular weight is 309 g/mol. The lowest BCUT2D eigenvalue weighted by atomic mass is 10.0. The van der Waals surface area contributed by atoms with E-state index in [0.29, 0.717) is 11.6 Å². The van der Waals surface area contributed by atoms with Gasteiger partial charge in [0, 0.05) is 18.8 Å². The van der Waals surface area contributed by atoms with Crippen molar-refractivity contribution in [2.45, 2.75) is 26.7 Å². The molecule has 120 valence electrons. The van der Waals surface area contributed by atoms with Crippen LogP contribution >= 0.6 is 0 Å². The number of aryl methyl sites for hydroxylation is 1. The van der Waals surface area contributed by atoms with Crippen molar-refractivity contribution in [2.24, 2.45) is 5.92 Å². The number of nitrogens with zero attached hydrogens (tertiary/aromatic N) is 2. The zero-order chi connectivity index (χ0) is 16.2. The Morgan fingerprint density at radius 3 is 2.83 bits per heavy atom. The molecule has 2 heterocycles. The van der Waals surface area contributed by atoms with Gasteiger partial charge >= 0.3 is 0 Å². The predicted octanol–water partition coefficient (Wildman–Crippen LogP) is 3.74. The highest BCUT2D eigenvalue weighted by molar-refractivity contribution is 6.05. The standard InChI is InChI=1S/C19H23N3O/c1-14(2)12-20-16-9-10-17(21-13-16)19(23)22-11-5-7-15-6-3-4-8-18(15)22/h3-4,6,8-10,13-14,20H,5,7,11-12H2,1-2H3. The molecule has 0 saturated heterocycles. The first-order valence-electron chi connectivity index (χ1n) is 8.25. The minimum absolute atomic E-state index is 0.0208. The first kappa shape index (κ1) is 15.5. The zero-order valence-electron chi connectivity index (χ0n) is 13.7. The fourth-order valence-electron chi connectivity index (χ4n) is 2.83. The lowest BCUT2D eigenvalue weighted by molar-refractivity contribution is 0.0980. The maximum absolute atomic E-state index is 12.8. The van der Waals surface area contributed by atoms with Gasteiger partial charge in [0.25, 0.3) is 5.91 Å². The van der Waals surface area contributed by atoms with Crippen LogP contribution in [-0.2, 0) is 6.42 Å². The molecule has 3 rings (SSSR count). The van der Waals surface area contributed by atoms with E-state index >= 15 is 0 Å². The smallest absolute Gasteiger partial charge is 0.276 e. The van der Waals surface area contributed by atoms with Gasteiger partial charge in [0.1, 0.15) is 5.69 Å². The highest BCUT2D eigenvalue weighted by atomic mass is 16.2. The Labute approximate surface area is 137 Å². The summed E-state index contributed by atoms with van der Waals surface area (Å²) >= 11 is 0. The summed E-state index contributed by atoms with van der Waals surface area (Å²) in [4.78, 5) is 19.0. The summed E-state index contributed by atoms with van der Waals surface area (Å²) in [5.74, 6) is 0.550. The number of benzene rings is 1. The SMILES string of the molecule is CC(C)CNc1ccc(C(=O)N2CCCc3ccccc32)nc1. The Morgan fingerprint density at radius 1 is 1.26 bits per heavy atom. The summed E-state index contributed by atoms with van der Waals surface area (Å²) in [5, 5.41) is 3.32. The summed E-state index contributed by atoms with van der Waals surface area (Å²) in [6.07, 6.45) is 3.77. The van der Waals surface area contributed by atoms with Crippen molar-refractivity contribution in [3.05, 3.63) is 53.9 Å². The van der Waals surface area contributed by atoms with Gasteiger partial charge in [-0.1, -0.05) is 32.0 Å². The van der Waals surface area contributed by atoms with E-state index in [4.69, 9.17) is 0 Å². The van der Waals surface area contributed by atoms with E-state index < -0.39 is 0 Å². The molecule has 23 heavy (non-hydrogen) atoms. The third kappa shape index (κ3) is 3.52. The Hall–Kier alpha value is -2.36. The normalized spacial score (nSPS) is 13.8. The minimum atomic E-state index is -0.0208. The molecule has 0 saturated carbocycles. The molecular formula is C19H23N3O. The molecule has 1 aliphatic rings. The third-order valence-electron chi connectivity index (χ3n) is 4.05. The van der Waals surface area contributed by atoms with Crippen molar-refractivity contribution in [2.75, 3.05) is 23.3 Å². The molecule has 0 fully saturated rings. The molecule has 4 nitrogen and oxygen atoms in total. The highest BCUT2D eigenvalue weighted by Gasteiger charge is 2.23. The number of para-hydroxylation sites is 1. The third-order valence-corrected chi connectivity index (χ3v) is 4.05. The molecule has 0 aliphatic carbocycles. The van der Waals surface area contributed by atoms with Gasteiger partial charge in [0.05, 0.1) is 11.9 Å². The van der Waals surface area contributed by atoms with Crippen LogP contribution in [0.2, 0.25) is 0 Å². The summed E-state index contributed by atoms with van der Waals surface area (Å²) in [6, 6.07) is 11.9. The molecule has 0 radical (unpaired) electrons. The number of pyridine rings is 1. The number of amides is 1. The molecule has 0 atom stereocenters. The minimum Gasteiger partial charge on any atom is -0.384 e. The van der Waals surface area contributed by atoms with Gasteiger partial charge in [-0.25, -0.2) is 4.98 Å². The molecule has 0 bridgehead atoms. The maximum Gasteiger partial charge on any atom is 0.276 e.